The van der Waals surface area contributed by atoms with E-state index < -0.39 is 23.9 Å². The number of benzene rings is 1. The van der Waals surface area contributed by atoms with Crippen LogP contribution in [0.2, 0.25) is 0 Å². The quantitative estimate of drug-likeness (QED) is 0.350. The fraction of sp³-hybridized carbons (Fsp3) is 0.480. The molecule has 184 valence electrons. The molecule has 3 N–H and O–H groups in total. The highest BCUT2D eigenvalue weighted by Gasteiger charge is 2.22. The number of esters is 1. The van der Waals surface area contributed by atoms with Crippen molar-refractivity contribution in [1.29, 1.82) is 0 Å². The molecular formula is C25H32N2O7. The van der Waals surface area contributed by atoms with Crippen molar-refractivity contribution in [2.75, 3.05) is 19.7 Å². The van der Waals surface area contributed by atoms with E-state index in [1.807, 2.05) is 0 Å². The van der Waals surface area contributed by atoms with Gasteiger partial charge in [-0.3, -0.25) is 4.79 Å². The Morgan fingerprint density at radius 1 is 1.18 bits per heavy atom. The van der Waals surface area contributed by atoms with Gasteiger partial charge in [0.25, 0.3) is 5.91 Å². The Kier molecular flexibility index (Phi) is 9.09. The van der Waals surface area contributed by atoms with E-state index in [4.69, 9.17) is 9.57 Å². The highest BCUT2D eigenvalue weighted by molar-refractivity contribution is 6.00. The molecule has 0 unspecified atom stereocenters. The molecule has 0 aliphatic carbocycles. The molecule has 0 radical (unpaired) electrons. The van der Waals surface area contributed by atoms with Crippen LogP contribution < -0.4 is 0 Å². The molecule has 1 aromatic carbocycles. The third-order valence-corrected chi connectivity index (χ3v) is 5.66. The Morgan fingerprint density at radius 2 is 1.94 bits per heavy atom. The number of hydrogen-bond acceptors (Lipinski definition) is 8. The molecule has 9 heteroatoms. The zero-order valence-corrected chi connectivity index (χ0v) is 19.4. The molecule has 9 nitrogen and oxygen atoms in total. The maximum absolute atomic E-state index is 12.8. The number of rotatable bonds is 3. The molecule has 2 aliphatic rings. The summed E-state index contributed by atoms with van der Waals surface area (Å²) >= 11 is 0. The zero-order valence-electron chi connectivity index (χ0n) is 19.4. The number of aliphatic hydroxyl groups is 1. The third kappa shape index (κ3) is 7.34. The lowest BCUT2D eigenvalue weighted by molar-refractivity contribution is -0.137. The number of nitrogens with zero attached hydrogens (tertiary/aromatic N) is 2. The summed E-state index contributed by atoms with van der Waals surface area (Å²) < 4.78 is 5.44. The first-order valence-corrected chi connectivity index (χ1v) is 11.6. The minimum atomic E-state index is -0.740. The summed E-state index contributed by atoms with van der Waals surface area (Å²) in [6.07, 6.45) is 9.22. The SMILES string of the molecule is C[C@@H]1C/C=C/[C@@H](O)C/C=C/C(=N/OCC(=O)N2CCCCC2)Cc2cc(O)cc(O)c2C(=O)O1. The number of hydrogen-bond donors (Lipinski definition) is 3. The van der Waals surface area contributed by atoms with Gasteiger partial charge in [-0.25, -0.2) is 4.79 Å². The fourth-order valence-corrected chi connectivity index (χ4v) is 3.91. The van der Waals surface area contributed by atoms with Crippen LogP contribution in [-0.4, -0.2) is 69.7 Å². The number of phenols is 2. The smallest absolute Gasteiger partial charge is 0.342 e. The van der Waals surface area contributed by atoms with Crippen LogP contribution in [0.15, 0.2) is 41.6 Å². The van der Waals surface area contributed by atoms with Crippen LogP contribution >= 0.6 is 0 Å². The van der Waals surface area contributed by atoms with Crippen LogP contribution in [0.25, 0.3) is 0 Å². The average molecular weight is 473 g/mol. The van der Waals surface area contributed by atoms with Crippen LogP contribution in [0.1, 0.15) is 54.9 Å². The number of ether oxygens (including phenoxy) is 1. The van der Waals surface area contributed by atoms with Crippen LogP contribution in [0.3, 0.4) is 0 Å². The second kappa shape index (κ2) is 12.2. The third-order valence-electron chi connectivity index (χ3n) is 5.66. The molecule has 1 saturated heterocycles. The Labute approximate surface area is 199 Å². The van der Waals surface area contributed by atoms with E-state index in [2.05, 4.69) is 5.16 Å². The molecule has 0 saturated carbocycles. The Morgan fingerprint density at radius 3 is 2.71 bits per heavy atom. The van der Waals surface area contributed by atoms with Crippen molar-refractivity contribution < 1.29 is 34.5 Å². The number of likely N-dealkylation sites (tertiary alicyclic amines) is 1. The topological polar surface area (TPSA) is 129 Å². The molecule has 1 fully saturated rings. The Balaban J connectivity index is 1.86. The lowest BCUT2D eigenvalue weighted by atomic mass is 9.99. The van der Waals surface area contributed by atoms with Crippen molar-refractivity contribution in [2.24, 2.45) is 5.16 Å². The van der Waals surface area contributed by atoms with Gasteiger partial charge in [0.05, 0.1) is 11.8 Å². The molecule has 2 atom stereocenters. The van der Waals surface area contributed by atoms with Gasteiger partial charge in [-0.05, 0) is 50.3 Å². The normalized spacial score (nSPS) is 25.1. The van der Waals surface area contributed by atoms with Gasteiger partial charge in [0.15, 0.2) is 6.61 Å². The summed E-state index contributed by atoms with van der Waals surface area (Å²) in [7, 11) is 0. The Hall–Kier alpha value is -3.33. The summed E-state index contributed by atoms with van der Waals surface area (Å²) in [6, 6.07) is 2.43. The standard InChI is InChI=1S/C25H32N2O7/c1-17-7-5-9-20(28)10-6-8-19(26-33-16-23(31)27-11-3-2-4-12-27)13-18-14-21(29)15-22(30)24(18)25(32)34-17/h5-6,8-9,14-15,17,20,28-30H,2-4,7,10-13,16H2,1H3/b8-6+,9-5+,26-19-/t17-,20-/m1/s1. The molecule has 1 aromatic rings. The number of amides is 1. The number of allylic oxidation sites excluding steroid dienone is 1. The first kappa shape index (κ1) is 25.3. The molecule has 2 heterocycles. The van der Waals surface area contributed by atoms with Crippen molar-refractivity contribution in [2.45, 2.75) is 57.7 Å². The van der Waals surface area contributed by atoms with Crippen molar-refractivity contribution >= 4 is 17.6 Å². The van der Waals surface area contributed by atoms with Gasteiger partial charge >= 0.3 is 5.97 Å². The second-order valence-corrected chi connectivity index (χ2v) is 8.56. The van der Waals surface area contributed by atoms with Crippen LogP contribution in [0.5, 0.6) is 11.5 Å². The average Bonchev–Trinajstić information content (AvgIpc) is 2.78. The minimum absolute atomic E-state index is 0.0150. The van der Waals surface area contributed by atoms with Crippen molar-refractivity contribution in [1.82, 2.24) is 4.90 Å². The summed E-state index contributed by atoms with van der Waals surface area (Å²) in [4.78, 5) is 32.2. The number of piperidine rings is 1. The molecule has 34 heavy (non-hydrogen) atoms. The minimum Gasteiger partial charge on any atom is -0.508 e. The Bertz CT molecular complexity index is 964. The number of carbonyl (C=O) groups is 2. The highest BCUT2D eigenvalue weighted by atomic mass is 16.6. The first-order valence-electron chi connectivity index (χ1n) is 11.6. The summed E-state index contributed by atoms with van der Waals surface area (Å²) in [5, 5.41) is 34.6. The van der Waals surface area contributed by atoms with Gasteiger partial charge in [-0.15, -0.1) is 0 Å². The summed E-state index contributed by atoms with van der Waals surface area (Å²) in [5.41, 5.74) is 0.556. The predicted octanol–water partition coefficient (Wildman–Crippen LogP) is 2.84. The van der Waals surface area contributed by atoms with E-state index in [-0.39, 0.29) is 35.8 Å². The van der Waals surface area contributed by atoms with E-state index in [1.165, 1.54) is 6.07 Å². The van der Waals surface area contributed by atoms with Crippen molar-refractivity contribution in [3.8, 4) is 11.5 Å². The lowest BCUT2D eigenvalue weighted by Gasteiger charge is -2.26. The van der Waals surface area contributed by atoms with E-state index in [9.17, 15) is 24.9 Å². The molecule has 0 aromatic heterocycles. The predicted molar refractivity (Wildman–Crippen MR) is 126 cm³/mol. The van der Waals surface area contributed by atoms with Gasteiger partial charge in [0, 0.05) is 32.0 Å². The van der Waals surface area contributed by atoms with E-state index >= 15 is 0 Å². The van der Waals surface area contributed by atoms with Gasteiger partial charge in [0.1, 0.15) is 23.2 Å². The number of oxime groups is 1. The fourth-order valence-electron chi connectivity index (χ4n) is 3.91. The number of phenolic OH excluding ortho intramolecular Hbond substituents is 2. The van der Waals surface area contributed by atoms with E-state index in [0.29, 0.717) is 31.6 Å². The van der Waals surface area contributed by atoms with Crippen LogP contribution in [0, 0.1) is 0 Å². The van der Waals surface area contributed by atoms with Gasteiger partial charge in [-0.1, -0.05) is 23.4 Å². The number of aliphatic hydroxyl groups excluding tert-OH is 1. The molecule has 0 bridgehead atoms. The van der Waals surface area contributed by atoms with Gasteiger partial charge in [0.2, 0.25) is 0 Å². The first-order chi connectivity index (χ1) is 16.3. The maximum atomic E-state index is 12.8. The largest absolute Gasteiger partial charge is 0.508 e. The van der Waals surface area contributed by atoms with E-state index in [1.54, 1.807) is 36.1 Å². The second-order valence-electron chi connectivity index (χ2n) is 8.56. The summed E-state index contributed by atoms with van der Waals surface area (Å²) in [6.45, 7) is 2.89. The van der Waals surface area contributed by atoms with Crippen molar-refractivity contribution in [3.63, 3.8) is 0 Å². The molecular weight excluding hydrogens is 440 g/mol. The lowest BCUT2D eigenvalue weighted by Crippen LogP contribution is -2.37. The van der Waals surface area contributed by atoms with E-state index in [0.717, 1.165) is 25.3 Å². The van der Waals surface area contributed by atoms with Crippen LogP contribution in [-0.2, 0) is 20.8 Å². The number of carbonyl (C=O) groups excluding carboxylic acids is 2. The van der Waals surface area contributed by atoms with Gasteiger partial charge < -0.3 is 29.8 Å². The zero-order chi connectivity index (χ0) is 24.5. The van der Waals surface area contributed by atoms with Crippen molar-refractivity contribution in [3.05, 3.63) is 47.6 Å². The highest BCUT2D eigenvalue weighted by Crippen LogP contribution is 2.29. The number of fused-ring (bicyclic) bond motifs is 1. The molecule has 3 rings (SSSR count). The summed E-state index contributed by atoms with van der Waals surface area (Å²) in [5.74, 6) is -1.52. The molecule has 0 spiro atoms. The van der Waals surface area contributed by atoms with Gasteiger partial charge in [-0.2, -0.15) is 0 Å². The number of cyclic esters (lactones) is 1. The molecule has 2 aliphatic heterocycles. The monoisotopic (exact) mass is 472 g/mol. The van der Waals surface area contributed by atoms with Crippen LogP contribution in [0.4, 0.5) is 0 Å². The number of aromatic hydroxyl groups is 2. The maximum Gasteiger partial charge on any atom is 0.342 e. The molecule has 1 amide bonds.